The van der Waals surface area contributed by atoms with Crippen molar-refractivity contribution >= 4 is 0 Å². The summed E-state index contributed by atoms with van der Waals surface area (Å²) in [5.74, 6) is 0. The zero-order valence-corrected chi connectivity index (χ0v) is 13.1. The van der Waals surface area contributed by atoms with Gasteiger partial charge in [-0.2, -0.15) is 0 Å². The van der Waals surface area contributed by atoms with E-state index in [1.165, 1.54) is 57.3 Å². The Hall–Kier alpha value is -0.900. The van der Waals surface area contributed by atoms with Crippen molar-refractivity contribution in [3.05, 3.63) is 35.9 Å². The van der Waals surface area contributed by atoms with E-state index in [-0.39, 0.29) is 0 Å². The Labute approximate surface area is 128 Å². The molecule has 0 unspecified atom stereocenters. The number of hydrogen-bond donors (Lipinski definition) is 1. The number of hydrogen-bond acceptors (Lipinski definition) is 3. The summed E-state index contributed by atoms with van der Waals surface area (Å²) in [4.78, 5) is 2.61. The van der Waals surface area contributed by atoms with Gasteiger partial charge in [-0.3, -0.25) is 0 Å². The second kappa shape index (κ2) is 7.39. The normalized spacial score (nSPS) is 27.5. The monoisotopic (exact) mass is 288 g/mol. The largest absolute Gasteiger partial charge is 0.381 e. The molecule has 2 fully saturated rings. The van der Waals surface area contributed by atoms with Crippen molar-refractivity contribution in [2.24, 2.45) is 0 Å². The van der Waals surface area contributed by atoms with Crippen LogP contribution in [0.5, 0.6) is 0 Å². The van der Waals surface area contributed by atoms with Crippen LogP contribution in [0, 0.1) is 0 Å². The summed E-state index contributed by atoms with van der Waals surface area (Å²) >= 11 is 0. The third kappa shape index (κ3) is 4.29. The Morgan fingerprint density at radius 1 is 1.10 bits per heavy atom. The fourth-order valence-corrected chi connectivity index (χ4v) is 3.48. The molecule has 3 rings (SSSR count). The highest BCUT2D eigenvalue weighted by atomic mass is 16.5. The van der Waals surface area contributed by atoms with Crippen LogP contribution in [0.25, 0.3) is 0 Å². The van der Waals surface area contributed by atoms with E-state index in [9.17, 15) is 0 Å². The number of rotatable bonds is 6. The van der Waals surface area contributed by atoms with Gasteiger partial charge in [0.1, 0.15) is 0 Å². The number of methoxy groups -OCH3 is 1. The molecule has 3 heteroatoms. The quantitative estimate of drug-likeness (QED) is 0.870. The van der Waals surface area contributed by atoms with Gasteiger partial charge in [-0.05, 0) is 50.8 Å². The average molecular weight is 288 g/mol. The van der Waals surface area contributed by atoms with Gasteiger partial charge < -0.3 is 15.0 Å². The van der Waals surface area contributed by atoms with Crippen LogP contribution in [-0.2, 0) is 11.2 Å². The Kier molecular flexibility index (Phi) is 5.28. The minimum atomic E-state index is 0.508. The molecule has 21 heavy (non-hydrogen) atoms. The molecule has 1 saturated heterocycles. The lowest BCUT2D eigenvalue weighted by atomic mass is 9.87. The molecule has 1 aliphatic heterocycles. The topological polar surface area (TPSA) is 24.5 Å². The van der Waals surface area contributed by atoms with E-state index >= 15 is 0 Å². The Morgan fingerprint density at radius 2 is 1.81 bits per heavy atom. The van der Waals surface area contributed by atoms with E-state index in [4.69, 9.17) is 4.74 Å². The standard InChI is InChI=1S/C18H28N2O/c1-21-18-13-17(14-18)19-16-8-11-20(12-9-16)10-7-15-5-3-2-4-6-15/h2-6,16-19H,7-14H2,1H3. The summed E-state index contributed by atoms with van der Waals surface area (Å²) in [5, 5.41) is 3.81. The molecule has 1 saturated carbocycles. The summed E-state index contributed by atoms with van der Waals surface area (Å²) in [6, 6.07) is 12.3. The number of nitrogens with one attached hydrogen (secondary N) is 1. The molecule has 2 aliphatic rings. The van der Waals surface area contributed by atoms with Gasteiger partial charge in [0, 0.05) is 25.7 Å². The van der Waals surface area contributed by atoms with E-state index in [0.29, 0.717) is 12.1 Å². The van der Waals surface area contributed by atoms with E-state index in [1.54, 1.807) is 0 Å². The number of piperidine rings is 1. The summed E-state index contributed by atoms with van der Waals surface area (Å²) in [5.41, 5.74) is 1.46. The van der Waals surface area contributed by atoms with Crippen LogP contribution in [-0.4, -0.2) is 49.8 Å². The van der Waals surface area contributed by atoms with Crippen LogP contribution in [0.15, 0.2) is 30.3 Å². The second-order valence-electron chi connectivity index (χ2n) is 6.54. The molecule has 0 spiro atoms. The minimum Gasteiger partial charge on any atom is -0.381 e. The van der Waals surface area contributed by atoms with Crippen molar-refractivity contribution in [2.75, 3.05) is 26.7 Å². The summed E-state index contributed by atoms with van der Waals surface area (Å²) in [7, 11) is 1.83. The summed E-state index contributed by atoms with van der Waals surface area (Å²) < 4.78 is 5.35. The molecule has 116 valence electrons. The molecule has 3 nitrogen and oxygen atoms in total. The molecule has 1 heterocycles. The van der Waals surface area contributed by atoms with E-state index in [0.717, 1.165) is 6.04 Å². The van der Waals surface area contributed by atoms with Crippen molar-refractivity contribution < 1.29 is 4.74 Å². The minimum absolute atomic E-state index is 0.508. The lowest BCUT2D eigenvalue weighted by Gasteiger charge is -2.40. The van der Waals surface area contributed by atoms with E-state index in [2.05, 4.69) is 40.5 Å². The van der Waals surface area contributed by atoms with Crippen LogP contribution in [0.4, 0.5) is 0 Å². The lowest BCUT2D eigenvalue weighted by molar-refractivity contribution is 0.0114. The fourth-order valence-electron chi connectivity index (χ4n) is 3.48. The van der Waals surface area contributed by atoms with Gasteiger partial charge in [0.15, 0.2) is 0 Å². The van der Waals surface area contributed by atoms with Crippen LogP contribution >= 0.6 is 0 Å². The van der Waals surface area contributed by atoms with E-state index < -0.39 is 0 Å². The van der Waals surface area contributed by atoms with Gasteiger partial charge >= 0.3 is 0 Å². The Balaban J connectivity index is 1.32. The highest BCUT2D eigenvalue weighted by Gasteiger charge is 2.31. The van der Waals surface area contributed by atoms with Crippen molar-refractivity contribution in [3.63, 3.8) is 0 Å². The van der Waals surface area contributed by atoms with Crippen LogP contribution < -0.4 is 5.32 Å². The fraction of sp³-hybridized carbons (Fsp3) is 0.667. The molecule has 0 radical (unpaired) electrons. The van der Waals surface area contributed by atoms with Crippen LogP contribution in [0.3, 0.4) is 0 Å². The van der Waals surface area contributed by atoms with Gasteiger partial charge in [-0.15, -0.1) is 0 Å². The maximum Gasteiger partial charge on any atom is 0.0601 e. The first-order valence-corrected chi connectivity index (χ1v) is 8.38. The van der Waals surface area contributed by atoms with Gasteiger partial charge in [0.2, 0.25) is 0 Å². The number of ether oxygens (including phenoxy) is 1. The smallest absolute Gasteiger partial charge is 0.0601 e. The van der Waals surface area contributed by atoms with E-state index in [1.807, 2.05) is 7.11 Å². The van der Waals surface area contributed by atoms with Gasteiger partial charge in [0.05, 0.1) is 6.10 Å². The predicted molar refractivity (Wildman–Crippen MR) is 86.6 cm³/mol. The predicted octanol–water partition coefficient (Wildman–Crippen LogP) is 2.46. The first kappa shape index (κ1) is 15.0. The zero-order chi connectivity index (χ0) is 14.5. The molecule has 1 aromatic carbocycles. The molecule has 0 atom stereocenters. The van der Waals surface area contributed by atoms with Gasteiger partial charge in [0.25, 0.3) is 0 Å². The maximum atomic E-state index is 5.35. The first-order valence-electron chi connectivity index (χ1n) is 8.38. The molecule has 1 N–H and O–H groups in total. The molecular weight excluding hydrogens is 260 g/mol. The molecule has 1 aliphatic carbocycles. The second-order valence-corrected chi connectivity index (χ2v) is 6.54. The van der Waals surface area contributed by atoms with Crippen molar-refractivity contribution in [2.45, 2.75) is 50.3 Å². The van der Waals surface area contributed by atoms with Gasteiger partial charge in [-0.1, -0.05) is 30.3 Å². The Bertz CT molecular complexity index is 408. The molecule has 0 aromatic heterocycles. The molecule has 1 aromatic rings. The highest BCUT2D eigenvalue weighted by Crippen LogP contribution is 2.24. The summed E-state index contributed by atoms with van der Waals surface area (Å²) in [6.45, 7) is 3.68. The van der Waals surface area contributed by atoms with Crippen molar-refractivity contribution in [1.82, 2.24) is 10.2 Å². The number of nitrogens with zero attached hydrogens (tertiary/aromatic N) is 1. The number of benzene rings is 1. The molecule has 0 bridgehead atoms. The zero-order valence-electron chi connectivity index (χ0n) is 13.1. The van der Waals surface area contributed by atoms with Crippen LogP contribution in [0.2, 0.25) is 0 Å². The highest BCUT2D eigenvalue weighted by molar-refractivity contribution is 5.14. The first-order chi connectivity index (χ1) is 10.3. The van der Waals surface area contributed by atoms with Crippen molar-refractivity contribution in [3.8, 4) is 0 Å². The SMILES string of the molecule is COC1CC(NC2CCN(CCc3ccccc3)CC2)C1. The summed E-state index contributed by atoms with van der Waals surface area (Å²) in [6.07, 6.45) is 6.67. The number of likely N-dealkylation sites (tertiary alicyclic amines) is 1. The van der Waals surface area contributed by atoms with Gasteiger partial charge in [-0.25, -0.2) is 0 Å². The lowest BCUT2D eigenvalue weighted by Crippen LogP contribution is -2.52. The maximum absolute atomic E-state index is 5.35. The molecule has 0 amide bonds. The van der Waals surface area contributed by atoms with Crippen LogP contribution in [0.1, 0.15) is 31.2 Å². The van der Waals surface area contributed by atoms with Crippen molar-refractivity contribution in [1.29, 1.82) is 0 Å². The third-order valence-corrected chi connectivity index (χ3v) is 5.05. The Morgan fingerprint density at radius 3 is 2.48 bits per heavy atom. The average Bonchev–Trinajstić information content (AvgIpc) is 2.50. The molecular formula is C18H28N2O. The third-order valence-electron chi connectivity index (χ3n) is 5.05.